The lowest BCUT2D eigenvalue weighted by Crippen LogP contribution is -2.24. The Morgan fingerprint density at radius 2 is 0.646 bits per heavy atom. The second kappa shape index (κ2) is 32.4. The van der Waals surface area contributed by atoms with Crippen LogP contribution in [-0.2, 0) is 19.3 Å². The summed E-state index contributed by atoms with van der Waals surface area (Å²) in [5.74, 6) is 1.21. The van der Waals surface area contributed by atoms with Gasteiger partial charge in [0.2, 0.25) is 5.88 Å². The van der Waals surface area contributed by atoms with Crippen molar-refractivity contribution in [1.82, 2.24) is 68.5 Å². The molecule has 0 aliphatic carbocycles. The summed E-state index contributed by atoms with van der Waals surface area (Å²) in [5, 5.41) is 7.74. The van der Waals surface area contributed by atoms with Crippen LogP contribution in [0.4, 0.5) is 0 Å². The van der Waals surface area contributed by atoms with Crippen molar-refractivity contribution in [3.8, 4) is 62.3 Å². The molecule has 19 nitrogen and oxygen atoms in total. The molecule has 0 fully saturated rings. The summed E-state index contributed by atoms with van der Waals surface area (Å²) in [6.07, 6.45) is 21.5. The largest absolute Gasteiger partial charge is 0.481 e. The molecule has 0 bridgehead atoms. The van der Waals surface area contributed by atoms with Gasteiger partial charge in [-0.25, -0.2) is 24.9 Å². The number of aromatic nitrogens is 14. The number of fused-ring (bicyclic) bond motifs is 6. The maximum absolute atomic E-state index is 14.3. The first-order valence-corrected chi connectivity index (χ1v) is 37.3. The van der Waals surface area contributed by atoms with Crippen molar-refractivity contribution in [2.75, 3.05) is 14.2 Å². The second-order valence-electron chi connectivity index (χ2n) is 27.8. The predicted octanol–water partition coefficient (Wildman–Crippen LogP) is 18.1. The summed E-state index contributed by atoms with van der Waals surface area (Å²) in [4.78, 5) is 92.2. The van der Waals surface area contributed by atoms with E-state index in [1.54, 1.807) is 56.7 Å². The number of hydrogen-bond acceptors (Lipinski definition) is 16. The van der Waals surface area contributed by atoms with Crippen LogP contribution in [0, 0.1) is 6.92 Å². The van der Waals surface area contributed by atoms with Crippen molar-refractivity contribution in [3.63, 3.8) is 0 Å². The van der Waals surface area contributed by atoms with Gasteiger partial charge < -0.3 is 9.47 Å². The van der Waals surface area contributed by atoms with Crippen LogP contribution in [0.25, 0.3) is 115 Å². The third-order valence-electron chi connectivity index (χ3n) is 20.5. The molecule has 0 aliphatic heterocycles. The van der Waals surface area contributed by atoms with E-state index in [9.17, 15) is 14.4 Å². The molecule has 0 saturated carbocycles. The Labute approximate surface area is 650 Å². The van der Waals surface area contributed by atoms with Crippen LogP contribution >= 0.6 is 0 Å². The third kappa shape index (κ3) is 14.9. The van der Waals surface area contributed by atoms with Gasteiger partial charge in [-0.3, -0.25) is 58.0 Å². The molecular formula is C94H76N14O5. The lowest BCUT2D eigenvalue weighted by molar-refractivity contribution is 0.380. The number of rotatable bonds is 17. The second-order valence-corrected chi connectivity index (χ2v) is 27.8. The molecule has 0 N–H and O–H groups in total. The number of pyridine rings is 10. The number of para-hydroxylation sites is 3. The Morgan fingerprint density at radius 3 is 0.982 bits per heavy atom. The van der Waals surface area contributed by atoms with Gasteiger partial charge in [-0.2, -0.15) is 0 Å². The van der Waals surface area contributed by atoms with Gasteiger partial charge >= 0.3 is 6.01 Å². The first kappa shape index (κ1) is 72.7. The first-order valence-electron chi connectivity index (χ1n) is 37.3. The highest BCUT2D eigenvalue weighted by atomic mass is 16.5. The van der Waals surface area contributed by atoms with Crippen molar-refractivity contribution in [3.05, 3.63) is 370 Å². The smallest absolute Gasteiger partial charge is 0.316 e. The van der Waals surface area contributed by atoms with Crippen LogP contribution in [0.15, 0.2) is 313 Å². The minimum Gasteiger partial charge on any atom is -0.481 e. The average molecular weight is 1480 g/mol. The van der Waals surface area contributed by atoms with E-state index >= 15 is 0 Å². The molecule has 0 unspecified atom stereocenters. The SMILES string of the molecule is COc1ccc(-c2cccc3cc([C@H](C)Cc4nccc5cccnc45)n(-c4ccccc4)c(=O)c23)cn1.COc1ncc(-c2cccc3cc([C@H](C)Cc4nccc5cccnc45)n(-c4ccccc4)c(=O)c23)cn1.Cc1ncc(-c2cccc3cc([C@H](C)Cc4nccc5cccnc45)n(-c4ccccc4)c(=O)c23)cn1. The summed E-state index contributed by atoms with van der Waals surface area (Å²) in [7, 11) is 3.11. The monoisotopic (exact) mass is 1480 g/mol. The van der Waals surface area contributed by atoms with Gasteiger partial charge in [0.05, 0.1) is 64.0 Å². The van der Waals surface area contributed by atoms with E-state index in [2.05, 4.69) is 93.8 Å². The number of hydrogen-bond donors (Lipinski definition) is 0. The predicted molar refractivity (Wildman–Crippen MR) is 447 cm³/mol. The molecule has 12 heterocycles. The first-order chi connectivity index (χ1) is 55.4. The van der Waals surface area contributed by atoms with Gasteiger partial charge in [-0.1, -0.05) is 148 Å². The van der Waals surface area contributed by atoms with Gasteiger partial charge in [0.15, 0.2) is 0 Å². The lowest BCUT2D eigenvalue weighted by Gasteiger charge is -2.21. The van der Waals surface area contributed by atoms with Crippen molar-refractivity contribution in [2.24, 2.45) is 0 Å². The van der Waals surface area contributed by atoms with Crippen molar-refractivity contribution in [1.29, 1.82) is 0 Å². The molecule has 0 radical (unpaired) electrons. The summed E-state index contributed by atoms with van der Waals surface area (Å²) in [6, 6.07) is 75.4. The fraction of sp³-hybridized carbons (Fsp3) is 0.128. The molecule has 18 rings (SSSR count). The van der Waals surface area contributed by atoms with E-state index < -0.39 is 0 Å². The van der Waals surface area contributed by atoms with Crippen LogP contribution in [-0.4, -0.2) is 82.7 Å². The van der Waals surface area contributed by atoms with Crippen molar-refractivity contribution < 1.29 is 9.47 Å². The Morgan fingerprint density at radius 1 is 0.310 bits per heavy atom. The van der Waals surface area contributed by atoms with Crippen molar-refractivity contribution >= 4 is 65.0 Å². The van der Waals surface area contributed by atoms with Gasteiger partial charge in [0.1, 0.15) is 5.82 Å². The maximum atomic E-state index is 14.3. The van der Waals surface area contributed by atoms with Crippen LogP contribution in [0.1, 0.15) is 78.5 Å². The average Bonchev–Trinajstić information content (AvgIpc) is 0.760. The van der Waals surface area contributed by atoms with Crippen LogP contribution < -0.4 is 26.2 Å². The van der Waals surface area contributed by atoms with Gasteiger partial charge in [-0.15, -0.1) is 0 Å². The maximum Gasteiger partial charge on any atom is 0.316 e. The van der Waals surface area contributed by atoms with Gasteiger partial charge in [0.25, 0.3) is 16.7 Å². The summed E-state index contributed by atoms with van der Waals surface area (Å²) in [6.45, 7) is 8.26. The number of ether oxygens (including phenoxy) is 2. The number of benzene rings is 6. The molecule has 0 aliphatic rings. The highest BCUT2D eigenvalue weighted by Crippen LogP contribution is 2.36. The quantitative estimate of drug-likeness (QED) is 0.0826. The third-order valence-corrected chi connectivity index (χ3v) is 20.5. The molecular weight excluding hydrogens is 1410 g/mol. The highest BCUT2D eigenvalue weighted by Gasteiger charge is 2.25. The molecule has 0 saturated heterocycles. The molecule has 19 heteroatoms. The topological polar surface area (TPSA) is 226 Å². The zero-order valence-electron chi connectivity index (χ0n) is 62.9. The van der Waals surface area contributed by atoms with Crippen LogP contribution in [0.2, 0.25) is 0 Å². The normalized spacial score (nSPS) is 12.1. The minimum absolute atomic E-state index is 0.00118. The van der Waals surface area contributed by atoms with E-state index in [1.807, 2.05) is 252 Å². The molecule has 0 spiro atoms. The Balaban J connectivity index is 0.000000128. The van der Waals surface area contributed by atoms with E-state index in [-0.39, 0.29) is 40.4 Å². The Hall–Kier alpha value is -14.5. The zero-order valence-corrected chi connectivity index (χ0v) is 62.9. The fourth-order valence-electron chi connectivity index (χ4n) is 15.1. The van der Waals surface area contributed by atoms with Crippen molar-refractivity contribution in [2.45, 2.75) is 64.7 Å². The van der Waals surface area contributed by atoms with E-state index in [1.165, 1.54) is 7.11 Å². The summed E-state index contributed by atoms with van der Waals surface area (Å²) >= 11 is 0. The molecule has 0 amide bonds. The molecule has 12 aromatic heterocycles. The van der Waals surface area contributed by atoms with Gasteiger partial charge in [0, 0.05) is 159 Å². The summed E-state index contributed by atoms with van der Waals surface area (Å²) < 4.78 is 15.8. The summed E-state index contributed by atoms with van der Waals surface area (Å²) in [5.41, 5.74) is 15.3. The van der Waals surface area contributed by atoms with E-state index in [0.717, 1.165) is 133 Å². The lowest BCUT2D eigenvalue weighted by atomic mass is 9.94. The van der Waals surface area contributed by atoms with Crippen LogP contribution in [0.3, 0.4) is 0 Å². The van der Waals surface area contributed by atoms with Crippen LogP contribution in [0.5, 0.6) is 11.9 Å². The number of aryl methyl sites for hydroxylation is 1. The van der Waals surface area contributed by atoms with E-state index in [4.69, 9.17) is 9.47 Å². The van der Waals surface area contributed by atoms with Gasteiger partial charge in [-0.05, 0) is 156 Å². The number of nitrogens with zero attached hydrogens (tertiary/aromatic N) is 14. The standard InChI is InChI=1S/C32H26N4O2.C31H25N5O2.C31H25N5O/c1-21(18-27-31-22(15-17-33-27)9-7-16-34-31)28-19-23-8-6-12-26(24-13-14-29(38-2)35-20-24)30(23)32(37)36(28)25-10-4-3-5-11-25;1-20(16-26-29-21(13-15-32-26)9-7-14-33-29)27-17-22-8-6-12-25(23-18-34-31(38-2)35-19-23)28(22)30(37)36(27)24-10-4-3-5-11-24;1-20(16-27-30-22(13-15-32-27)9-7-14-33-30)28-17-23-8-6-12-26(24-18-34-21(2)35-19-24)29(23)31(37)36(28)25-10-4-3-5-11-25/h3-17,19-21H,18H2,1-2H3;3-15,17-20H,16H2,1-2H3;3-15,17-20H,16H2,1-2H3/t21-;2*20-/m111/s1. The Bertz CT molecular complexity index is 6420. The molecule has 6 aromatic carbocycles. The molecule has 113 heavy (non-hydrogen) atoms. The Kier molecular flexibility index (Phi) is 20.8. The highest BCUT2D eigenvalue weighted by molar-refractivity contribution is 5.99. The number of methoxy groups -OCH3 is 2. The minimum atomic E-state index is -0.0917. The molecule has 552 valence electrons. The zero-order chi connectivity index (χ0) is 77.5. The molecule has 18 aromatic rings. The van der Waals surface area contributed by atoms with E-state index in [0.29, 0.717) is 47.1 Å². The molecule has 3 atom stereocenters. The fourth-order valence-corrected chi connectivity index (χ4v) is 15.1.